The first-order chi connectivity index (χ1) is 6.67. The van der Waals surface area contributed by atoms with E-state index in [1.807, 2.05) is 0 Å². The Morgan fingerprint density at radius 1 is 1.43 bits per heavy atom. The van der Waals surface area contributed by atoms with Gasteiger partial charge in [-0.25, -0.2) is 0 Å². The van der Waals surface area contributed by atoms with Gasteiger partial charge in [-0.1, -0.05) is 20.3 Å². The fourth-order valence-corrected chi connectivity index (χ4v) is 1.74. The molecule has 0 spiro atoms. The molecule has 2 N–H and O–H groups in total. The average Bonchev–Trinajstić information content (AvgIpc) is 2.19. The normalized spacial score (nSPS) is 15.9. The molecule has 0 heterocycles. The third kappa shape index (κ3) is 4.94. The highest BCUT2D eigenvalue weighted by Crippen LogP contribution is 2.12. The van der Waals surface area contributed by atoms with Crippen molar-refractivity contribution in [2.24, 2.45) is 11.7 Å². The Morgan fingerprint density at radius 3 is 2.50 bits per heavy atom. The van der Waals surface area contributed by atoms with E-state index in [9.17, 15) is 0 Å². The Labute approximate surface area is 88.6 Å². The SMILES string of the molecule is CCC(C)C(CN)N(C)CCCOC. The summed E-state index contributed by atoms with van der Waals surface area (Å²) in [4.78, 5) is 2.35. The van der Waals surface area contributed by atoms with Gasteiger partial charge in [0, 0.05) is 32.8 Å². The molecule has 3 nitrogen and oxygen atoms in total. The van der Waals surface area contributed by atoms with E-state index in [2.05, 4.69) is 25.8 Å². The van der Waals surface area contributed by atoms with Crippen molar-refractivity contribution in [2.75, 3.05) is 33.9 Å². The van der Waals surface area contributed by atoms with Crippen molar-refractivity contribution >= 4 is 0 Å². The van der Waals surface area contributed by atoms with Crippen LogP contribution in [0.1, 0.15) is 26.7 Å². The highest BCUT2D eigenvalue weighted by Gasteiger charge is 2.18. The summed E-state index contributed by atoms with van der Waals surface area (Å²) < 4.78 is 5.03. The molecule has 0 radical (unpaired) electrons. The van der Waals surface area contributed by atoms with Crippen molar-refractivity contribution < 1.29 is 4.74 Å². The molecule has 0 aromatic rings. The second-order valence-corrected chi connectivity index (χ2v) is 4.02. The number of rotatable bonds is 8. The summed E-state index contributed by atoms with van der Waals surface area (Å²) in [6.07, 6.45) is 2.27. The van der Waals surface area contributed by atoms with Crippen molar-refractivity contribution in [2.45, 2.75) is 32.7 Å². The van der Waals surface area contributed by atoms with Crippen LogP contribution in [-0.2, 0) is 4.74 Å². The first-order valence-corrected chi connectivity index (χ1v) is 5.56. The summed E-state index contributed by atoms with van der Waals surface area (Å²) in [7, 11) is 3.90. The lowest BCUT2D eigenvalue weighted by atomic mass is 9.98. The van der Waals surface area contributed by atoms with Crippen LogP contribution in [0.5, 0.6) is 0 Å². The van der Waals surface area contributed by atoms with Gasteiger partial charge in [0.2, 0.25) is 0 Å². The molecule has 0 saturated heterocycles. The van der Waals surface area contributed by atoms with Gasteiger partial charge in [-0.15, -0.1) is 0 Å². The minimum absolute atomic E-state index is 0.511. The number of methoxy groups -OCH3 is 1. The largest absolute Gasteiger partial charge is 0.385 e. The number of likely N-dealkylation sites (N-methyl/N-ethyl adjacent to an activating group) is 1. The van der Waals surface area contributed by atoms with Gasteiger partial charge in [-0.05, 0) is 19.4 Å². The molecule has 0 fully saturated rings. The summed E-state index contributed by atoms with van der Waals surface area (Å²) in [6.45, 7) is 7.14. The van der Waals surface area contributed by atoms with Crippen molar-refractivity contribution in [1.29, 1.82) is 0 Å². The van der Waals surface area contributed by atoms with Gasteiger partial charge in [0.1, 0.15) is 0 Å². The van der Waals surface area contributed by atoms with Crippen LogP contribution in [-0.4, -0.2) is 44.8 Å². The molecule has 14 heavy (non-hydrogen) atoms. The molecule has 0 amide bonds. The monoisotopic (exact) mass is 202 g/mol. The molecule has 2 atom stereocenters. The zero-order valence-electron chi connectivity index (χ0n) is 10.1. The number of hydrogen-bond acceptors (Lipinski definition) is 3. The predicted molar refractivity (Wildman–Crippen MR) is 61.4 cm³/mol. The van der Waals surface area contributed by atoms with E-state index in [1.54, 1.807) is 7.11 Å². The highest BCUT2D eigenvalue weighted by atomic mass is 16.5. The van der Waals surface area contributed by atoms with E-state index in [1.165, 1.54) is 6.42 Å². The van der Waals surface area contributed by atoms with Crippen LogP contribution in [0.4, 0.5) is 0 Å². The molecule has 0 aliphatic rings. The van der Waals surface area contributed by atoms with Gasteiger partial charge < -0.3 is 15.4 Å². The summed E-state index contributed by atoms with van der Waals surface area (Å²) in [5.41, 5.74) is 5.78. The van der Waals surface area contributed by atoms with Crippen LogP contribution in [0.2, 0.25) is 0 Å². The van der Waals surface area contributed by atoms with Crippen LogP contribution in [0.15, 0.2) is 0 Å². The Kier molecular flexibility index (Phi) is 8.14. The van der Waals surface area contributed by atoms with Gasteiger partial charge in [0.15, 0.2) is 0 Å². The molecular weight excluding hydrogens is 176 g/mol. The smallest absolute Gasteiger partial charge is 0.0474 e. The lowest BCUT2D eigenvalue weighted by Crippen LogP contribution is -2.43. The topological polar surface area (TPSA) is 38.5 Å². The fraction of sp³-hybridized carbons (Fsp3) is 1.00. The predicted octanol–water partition coefficient (Wildman–Crippen LogP) is 1.33. The lowest BCUT2D eigenvalue weighted by molar-refractivity contribution is 0.146. The molecular formula is C11H26N2O. The van der Waals surface area contributed by atoms with Gasteiger partial charge in [-0.2, -0.15) is 0 Å². The molecule has 0 aliphatic heterocycles. The molecule has 2 unspecified atom stereocenters. The van der Waals surface area contributed by atoms with E-state index >= 15 is 0 Å². The van der Waals surface area contributed by atoms with Gasteiger partial charge in [-0.3, -0.25) is 0 Å². The molecule has 3 heteroatoms. The standard InChI is InChI=1S/C11H26N2O/c1-5-10(2)11(9-12)13(3)7-6-8-14-4/h10-11H,5-9,12H2,1-4H3. The number of nitrogens with zero attached hydrogens (tertiary/aromatic N) is 1. The van der Waals surface area contributed by atoms with Crippen molar-refractivity contribution in [3.05, 3.63) is 0 Å². The number of ether oxygens (including phenoxy) is 1. The molecule has 0 aliphatic carbocycles. The van der Waals surface area contributed by atoms with Crippen LogP contribution >= 0.6 is 0 Å². The van der Waals surface area contributed by atoms with E-state index in [0.717, 1.165) is 26.1 Å². The second-order valence-electron chi connectivity index (χ2n) is 4.02. The Morgan fingerprint density at radius 2 is 2.07 bits per heavy atom. The Hall–Kier alpha value is -0.120. The van der Waals surface area contributed by atoms with Gasteiger partial charge in [0.05, 0.1) is 0 Å². The first kappa shape index (κ1) is 13.9. The van der Waals surface area contributed by atoms with E-state index < -0.39 is 0 Å². The van der Waals surface area contributed by atoms with Crippen LogP contribution < -0.4 is 5.73 Å². The number of nitrogens with two attached hydrogens (primary N) is 1. The minimum Gasteiger partial charge on any atom is -0.385 e. The summed E-state index contributed by atoms with van der Waals surface area (Å²) in [5, 5.41) is 0. The highest BCUT2D eigenvalue weighted by molar-refractivity contribution is 4.74. The zero-order valence-corrected chi connectivity index (χ0v) is 10.1. The molecule has 0 saturated carbocycles. The van der Waals surface area contributed by atoms with Crippen molar-refractivity contribution in [1.82, 2.24) is 4.90 Å². The maximum Gasteiger partial charge on any atom is 0.0474 e. The van der Waals surface area contributed by atoms with Crippen molar-refractivity contribution in [3.63, 3.8) is 0 Å². The first-order valence-electron chi connectivity index (χ1n) is 5.56. The summed E-state index contributed by atoms with van der Waals surface area (Å²) in [6, 6.07) is 0.511. The maximum absolute atomic E-state index is 5.78. The molecule has 0 bridgehead atoms. The lowest BCUT2D eigenvalue weighted by Gasteiger charge is -2.31. The molecule has 0 aromatic heterocycles. The van der Waals surface area contributed by atoms with Crippen LogP contribution in [0, 0.1) is 5.92 Å². The molecule has 86 valence electrons. The number of hydrogen-bond donors (Lipinski definition) is 1. The van der Waals surface area contributed by atoms with E-state index in [0.29, 0.717) is 12.0 Å². The quantitative estimate of drug-likeness (QED) is 0.603. The zero-order chi connectivity index (χ0) is 11.0. The van der Waals surface area contributed by atoms with Crippen molar-refractivity contribution in [3.8, 4) is 0 Å². The fourth-order valence-electron chi connectivity index (χ4n) is 1.74. The maximum atomic E-state index is 5.78. The van der Waals surface area contributed by atoms with Crippen LogP contribution in [0.3, 0.4) is 0 Å². The summed E-state index contributed by atoms with van der Waals surface area (Å²) >= 11 is 0. The third-order valence-corrected chi connectivity index (χ3v) is 2.97. The van der Waals surface area contributed by atoms with Crippen LogP contribution in [0.25, 0.3) is 0 Å². The molecule has 0 aromatic carbocycles. The van der Waals surface area contributed by atoms with Gasteiger partial charge >= 0.3 is 0 Å². The molecule has 0 rings (SSSR count). The average molecular weight is 202 g/mol. The third-order valence-electron chi connectivity index (χ3n) is 2.97. The Balaban J connectivity index is 3.84. The van der Waals surface area contributed by atoms with E-state index in [-0.39, 0.29) is 0 Å². The summed E-state index contributed by atoms with van der Waals surface area (Å²) in [5.74, 6) is 0.674. The second kappa shape index (κ2) is 8.21. The minimum atomic E-state index is 0.511. The van der Waals surface area contributed by atoms with Gasteiger partial charge in [0.25, 0.3) is 0 Å². The van der Waals surface area contributed by atoms with E-state index in [4.69, 9.17) is 10.5 Å². The Bertz CT molecular complexity index is 130.